The van der Waals surface area contributed by atoms with Crippen LogP contribution >= 0.6 is 0 Å². The van der Waals surface area contributed by atoms with Crippen LogP contribution in [-0.4, -0.2) is 35.0 Å². The Morgan fingerprint density at radius 3 is 1.86 bits per heavy atom. The zero-order valence-corrected chi connectivity index (χ0v) is 16.6. The molecule has 22 heavy (non-hydrogen) atoms. The molecule has 0 aliphatic carbocycles. The molecule has 0 aliphatic rings. The third-order valence-corrected chi connectivity index (χ3v) is 12.2. The first-order chi connectivity index (χ1) is 10.6. The molecule has 116 valence electrons. The summed E-state index contributed by atoms with van der Waals surface area (Å²) in [6, 6.07) is 20.2. The van der Waals surface area contributed by atoms with Gasteiger partial charge in [0.1, 0.15) is 0 Å². The third kappa shape index (κ3) is 3.56. The summed E-state index contributed by atoms with van der Waals surface area (Å²) in [6.45, 7) is 2.22. The molecule has 1 nitrogen and oxygen atoms in total. The molecule has 0 saturated heterocycles. The number of rotatable bonds is 6. The second kappa shape index (κ2) is 7.64. The SMILES string of the molecule is C[Se]C(C)([Se]C)C(O)(/C=C/c1ccccc1)c1ccccc1. The Hall–Kier alpha value is -0.821. The van der Waals surface area contributed by atoms with Crippen molar-refractivity contribution in [1.29, 1.82) is 0 Å². The molecule has 0 aromatic heterocycles. The van der Waals surface area contributed by atoms with Gasteiger partial charge >= 0.3 is 146 Å². The van der Waals surface area contributed by atoms with E-state index in [-0.39, 0.29) is 3.21 Å². The van der Waals surface area contributed by atoms with Crippen molar-refractivity contribution in [2.45, 2.75) is 27.4 Å². The van der Waals surface area contributed by atoms with Crippen LogP contribution < -0.4 is 0 Å². The average Bonchev–Trinajstić information content (AvgIpc) is 2.60. The summed E-state index contributed by atoms with van der Waals surface area (Å²) in [5.41, 5.74) is 1.18. The molecule has 1 unspecified atom stereocenters. The second-order valence-corrected chi connectivity index (χ2v) is 11.7. The van der Waals surface area contributed by atoms with E-state index < -0.39 is 5.60 Å². The van der Waals surface area contributed by atoms with E-state index in [0.29, 0.717) is 29.9 Å². The Bertz CT molecular complexity index is 606. The Kier molecular flexibility index (Phi) is 6.08. The molecule has 1 N–H and O–H groups in total. The Morgan fingerprint density at radius 2 is 1.36 bits per heavy atom. The van der Waals surface area contributed by atoms with Crippen LogP contribution in [0.4, 0.5) is 0 Å². The van der Waals surface area contributed by atoms with E-state index >= 15 is 0 Å². The van der Waals surface area contributed by atoms with Crippen LogP contribution in [0.2, 0.25) is 14.9 Å². The van der Waals surface area contributed by atoms with Crippen molar-refractivity contribution in [2.24, 2.45) is 0 Å². The van der Waals surface area contributed by atoms with Crippen molar-refractivity contribution < 1.29 is 5.11 Å². The number of hydrogen-bond acceptors (Lipinski definition) is 1. The van der Waals surface area contributed by atoms with Gasteiger partial charge in [-0.1, -0.05) is 0 Å². The molecule has 3 heteroatoms. The van der Waals surface area contributed by atoms with Crippen LogP contribution in [0, 0.1) is 0 Å². The summed E-state index contributed by atoms with van der Waals surface area (Å²) in [7, 11) is 0. The van der Waals surface area contributed by atoms with E-state index in [1.54, 1.807) is 0 Å². The van der Waals surface area contributed by atoms with Crippen LogP contribution in [-0.2, 0) is 5.60 Å². The molecule has 1 atom stereocenters. The normalized spacial score (nSPS) is 14.9. The average molecular weight is 424 g/mol. The molecular weight excluding hydrogens is 402 g/mol. The number of hydrogen-bond donors (Lipinski definition) is 1. The van der Waals surface area contributed by atoms with Crippen LogP contribution in [0.5, 0.6) is 0 Å². The molecule has 0 fully saturated rings. The van der Waals surface area contributed by atoms with Crippen LogP contribution in [0.25, 0.3) is 6.08 Å². The quantitative estimate of drug-likeness (QED) is 0.689. The van der Waals surface area contributed by atoms with Gasteiger partial charge in [-0.25, -0.2) is 0 Å². The summed E-state index contributed by atoms with van der Waals surface area (Å²) in [4.78, 5) is 0. The second-order valence-electron chi connectivity index (χ2n) is 5.23. The minimum atomic E-state index is -0.923. The predicted molar refractivity (Wildman–Crippen MR) is 97.4 cm³/mol. The van der Waals surface area contributed by atoms with Gasteiger partial charge < -0.3 is 0 Å². The third-order valence-electron chi connectivity index (χ3n) is 4.00. The van der Waals surface area contributed by atoms with Gasteiger partial charge in [-0.3, -0.25) is 0 Å². The molecule has 0 aliphatic heterocycles. The van der Waals surface area contributed by atoms with Gasteiger partial charge in [0.15, 0.2) is 0 Å². The number of benzene rings is 2. The fourth-order valence-corrected chi connectivity index (χ4v) is 6.63. The molecule has 0 heterocycles. The molecule has 2 aromatic rings. The summed E-state index contributed by atoms with van der Waals surface area (Å²) in [6.07, 6.45) is 4.04. The van der Waals surface area contributed by atoms with E-state index in [0.717, 1.165) is 11.1 Å². The minimum absolute atomic E-state index is 0.0837. The monoisotopic (exact) mass is 426 g/mol. The molecular formula is C19H22OSe2. The molecule has 0 spiro atoms. The molecule has 2 aromatic carbocycles. The molecule has 2 rings (SSSR count). The first kappa shape index (κ1) is 17.5. The van der Waals surface area contributed by atoms with Crippen molar-refractivity contribution in [1.82, 2.24) is 0 Å². The molecule has 0 bridgehead atoms. The molecule has 0 radical (unpaired) electrons. The van der Waals surface area contributed by atoms with E-state index in [1.165, 1.54) is 0 Å². The van der Waals surface area contributed by atoms with Gasteiger partial charge in [-0.05, 0) is 0 Å². The van der Waals surface area contributed by atoms with Gasteiger partial charge in [0, 0.05) is 0 Å². The summed E-state index contributed by atoms with van der Waals surface area (Å²) < 4.78 is -0.0837. The topological polar surface area (TPSA) is 20.2 Å². The predicted octanol–water partition coefficient (Wildman–Crippen LogP) is 4.23. The van der Waals surface area contributed by atoms with Crippen LogP contribution in [0.3, 0.4) is 0 Å². The molecule has 0 saturated carbocycles. The van der Waals surface area contributed by atoms with E-state index in [1.807, 2.05) is 60.7 Å². The summed E-state index contributed by atoms with van der Waals surface area (Å²) in [5.74, 6) is 4.45. The Labute approximate surface area is 146 Å². The van der Waals surface area contributed by atoms with Gasteiger partial charge in [-0.15, -0.1) is 0 Å². The summed E-state index contributed by atoms with van der Waals surface area (Å²) in [5, 5.41) is 11.6. The van der Waals surface area contributed by atoms with Gasteiger partial charge in [0.25, 0.3) is 0 Å². The Morgan fingerprint density at radius 1 is 0.864 bits per heavy atom. The van der Waals surface area contributed by atoms with Gasteiger partial charge in [0.05, 0.1) is 0 Å². The van der Waals surface area contributed by atoms with Crippen molar-refractivity contribution in [3.05, 3.63) is 77.9 Å². The van der Waals surface area contributed by atoms with E-state index in [2.05, 4.69) is 30.7 Å². The van der Waals surface area contributed by atoms with Gasteiger partial charge in [-0.2, -0.15) is 0 Å². The maximum atomic E-state index is 11.6. The van der Waals surface area contributed by atoms with E-state index in [4.69, 9.17) is 0 Å². The van der Waals surface area contributed by atoms with Gasteiger partial charge in [0.2, 0.25) is 0 Å². The van der Waals surface area contributed by atoms with Crippen molar-refractivity contribution in [2.75, 3.05) is 0 Å². The van der Waals surface area contributed by atoms with Crippen molar-refractivity contribution in [3.63, 3.8) is 0 Å². The van der Waals surface area contributed by atoms with Crippen molar-refractivity contribution in [3.8, 4) is 0 Å². The Balaban J connectivity index is 2.49. The fourth-order valence-electron chi connectivity index (χ4n) is 2.38. The van der Waals surface area contributed by atoms with Crippen molar-refractivity contribution >= 4 is 36.0 Å². The van der Waals surface area contributed by atoms with E-state index in [9.17, 15) is 5.11 Å². The summed E-state index contributed by atoms with van der Waals surface area (Å²) >= 11 is 0.681. The van der Waals surface area contributed by atoms with Crippen LogP contribution in [0.1, 0.15) is 18.1 Å². The maximum absolute atomic E-state index is 11.6. The first-order valence-corrected chi connectivity index (χ1v) is 12.3. The fraction of sp³-hybridized carbons (Fsp3) is 0.263. The van der Waals surface area contributed by atoms with Crippen LogP contribution in [0.15, 0.2) is 66.7 Å². The molecule has 0 amide bonds. The zero-order chi connectivity index (χ0) is 16.1. The zero-order valence-electron chi connectivity index (χ0n) is 13.2. The first-order valence-electron chi connectivity index (χ1n) is 7.18. The standard InChI is InChI=1S/C19H22OSe2/c1-18(21-2,22-3)19(20,17-12-8-5-9-13-17)15-14-16-10-6-4-7-11-16/h4-15,20H,1-3H3/b15-14+. The number of aliphatic hydroxyl groups is 1.